The van der Waals surface area contributed by atoms with Gasteiger partial charge in [-0.3, -0.25) is 0 Å². The molecule has 0 aliphatic carbocycles. The highest BCUT2D eigenvalue weighted by molar-refractivity contribution is 4.55. The van der Waals surface area contributed by atoms with Crippen LogP contribution in [-0.4, -0.2) is 25.9 Å². The van der Waals surface area contributed by atoms with Crippen molar-refractivity contribution in [3.8, 4) is 0 Å². The summed E-state index contributed by atoms with van der Waals surface area (Å²) in [5.74, 6) is 0. The molecule has 0 fully saturated rings. The Labute approximate surface area is 78.3 Å². The highest BCUT2D eigenvalue weighted by Gasteiger charge is 2.03. The molecule has 0 aromatic carbocycles. The molecule has 0 aromatic heterocycles. The summed E-state index contributed by atoms with van der Waals surface area (Å²) in [7, 11) is 3.41. The van der Waals surface area contributed by atoms with Crippen LogP contribution in [0, 0.1) is 0 Å². The molecule has 0 radical (unpaired) electrons. The van der Waals surface area contributed by atoms with E-state index in [1.54, 1.807) is 14.2 Å². The summed E-state index contributed by atoms with van der Waals surface area (Å²) in [6, 6.07) is 0. The number of rotatable bonds is 1. The number of hydrogen-bond donors (Lipinski definition) is 0. The summed E-state index contributed by atoms with van der Waals surface area (Å²) in [4.78, 5) is 0. The molecule has 2 heteroatoms. The van der Waals surface area contributed by atoms with Gasteiger partial charge in [0, 0.05) is 14.2 Å². The van der Waals surface area contributed by atoms with E-state index >= 15 is 0 Å². The van der Waals surface area contributed by atoms with Gasteiger partial charge in [0.05, 0.1) is 11.7 Å². The fourth-order valence-corrected chi connectivity index (χ4v) is 0. The molecule has 0 aliphatic heterocycles. The molecule has 2 nitrogen and oxygen atoms in total. The van der Waals surface area contributed by atoms with Crippen LogP contribution in [0.1, 0.15) is 42.0 Å². The summed E-state index contributed by atoms with van der Waals surface area (Å²) in [6.07, 6.45) is 0.384. The van der Waals surface area contributed by atoms with E-state index in [1.807, 2.05) is 34.6 Å². The van der Waals surface area contributed by atoms with Crippen LogP contribution in [0.15, 0.2) is 0 Å². The van der Waals surface area contributed by atoms with Crippen LogP contribution in [0.2, 0.25) is 0 Å². The molecular formula is C10H26O2. The molecule has 12 heavy (non-hydrogen) atoms. The highest BCUT2D eigenvalue weighted by Crippen LogP contribution is 2.02. The van der Waals surface area contributed by atoms with Crippen LogP contribution in [0.3, 0.4) is 0 Å². The second kappa shape index (κ2) is 9.01. The zero-order chi connectivity index (χ0) is 9.49. The van der Waals surface area contributed by atoms with Crippen LogP contribution in [0.25, 0.3) is 0 Å². The average molecular weight is 178 g/mol. The molecule has 0 amide bonds. The highest BCUT2D eigenvalue weighted by atomic mass is 16.5. The Bertz CT molecular complexity index is 72.4. The molecule has 0 unspecified atom stereocenters. The summed E-state index contributed by atoms with van der Waals surface area (Å²) in [5, 5.41) is 0. The van der Waals surface area contributed by atoms with Crippen molar-refractivity contribution in [2.45, 2.75) is 53.8 Å². The van der Waals surface area contributed by atoms with E-state index in [4.69, 9.17) is 9.47 Å². The minimum atomic E-state index is 0. The van der Waals surface area contributed by atoms with Gasteiger partial charge in [-0.1, -0.05) is 7.43 Å². The fourth-order valence-electron chi connectivity index (χ4n) is 0. The standard InChI is InChI=1S/C5H12O.C4H10O.CH4/c1-5(2,3)6-4;1-4(2)5-3;/h1-4H3;4H,1-3H3;1H4. The second-order valence-electron chi connectivity index (χ2n) is 3.60. The first kappa shape index (κ1) is 17.9. The van der Waals surface area contributed by atoms with Gasteiger partial charge in [0.2, 0.25) is 0 Å². The molecule has 0 heterocycles. The lowest BCUT2D eigenvalue weighted by molar-refractivity contribution is 0.0397. The van der Waals surface area contributed by atoms with Gasteiger partial charge in [-0.25, -0.2) is 0 Å². The van der Waals surface area contributed by atoms with E-state index in [0.29, 0.717) is 6.10 Å². The number of ether oxygens (including phenoxy) is 2. The summed E-state index contributed by atoms with van der Waals surface area (Å²) < 4.78 is 9.69. The number of hydrogen-bond acceptors (Lipinski definition) is 2. The minimum absolute atomic E-state index is 0. The largest absolute Gasteiger partial charge is 0.382 e. The van der Waals surface area contributed by atoms with Crippen molar-refractivity contribution in [3.05, 3.63) is 0 Å². The minimum Gasteiger partial charge on any atom is -0.382 e. The maximum atomic E-state index is 4.94. The van der Waals surface area contributed by atoms with Gasteiger partial charge in [0.25, 0.3) is 0 Å². The first-order valence-corrected chi connectivity index (χ1v) is 3.91. The molecule has 0 atom stereocenters. The third-order valence-corrected chi connectivity index (χ3v) is 1.08. The van der Waals surface area contributed by atoms with Crippen molar-refractivity contribution in [3.63, 3.8) is 0 Å². The number of methoxy groups -OCH3 is 2. The third kappa shape index (κ3) is 32.6. The average Bonchev–Trinajstić information content (AvgIpc) is 1.88. The van der Waals surface area contributed by atoms with Gasteiger partial charge in [-0.15, -0.1) is 0 Å². The van der Waals surface area contributed by atoms with Gasteiger partial charge in [-0.2, -0.15) is 0 Å². The van der Waals surface area contributed by atoms with Crippen LogP contribution in [0.4, 0.5) is 0 Å². The van der Waals surface area contributed by atoms with Crippen molar-refractivity contribution in [1.29, 1.82) is 0 Å². The fraction of sp³-hybridized carbons (Fsp3) is 1.00. The Morgan fingerprint density at radius 2 is 1.17 bits per heavy atom. The lowest BCUT2D eigenvalue weighted by atomic mass is 10.2. The molecular weight excluding hydrogens is 152 g/mol. The molecule has 0 bridgehead atoms. The Morgan fingerprint density at radius 3 is 1.17 bits per heavy atom. The normalized spacial score (nSPS) is 10.0. The van der Waals surface area contributed by atoms with Crippen LogP contribution in [0.5, 0.6) is 0 Å². The van der Waals surface area contributed by atoms with Crippen LogP contribution < -0.4 is 0 Å². The van der Waals surface area contributed by atoms with Crippen molar-refractivity contribution in [1.82, 2.24) is 0 Å². The molecule has 0 saturated carbocycles. The lowest BCUT2D eigenvalue weighted by Gasteiger charge is -2.14. The van der Waals surface area contributed by atoms with Gasteiger partial charge < -0.3 is 9.47 Å². The molecule has 0 saturated heterocycles. The predicted octanol–water partition coefficient (Wildman–Crippen LogP) is 3.11. The first-order valence-electron chi connectivity index (χ1n) is 3.91. The van der Waals surface area contributed by atoms with Crippen LogP contribution >= 0.6 is 0 Å². The van der Waals surface area contributed by atoms with E-state index < -0.39 is 0 Å². The van der Waals surface area contributed by atoms with E-state index in [0.717, 1.165) is 0 Å². The SMILES string of the molecule is C.COC(C)(C)C.COC(C)C. The Hall–Kier alpha value is -0.0800. The van der Waals surface area contributed by atoms with Crippen molar-refractivity contribution < 1.29 is 9.47 Å². The monoisotopic (exact) mass is 178 g/mol. The van der Waals surface area contributed by atoms with Crippen molar-refractivity contribution >= 4 is 0 Å². The topological polar surface area (TPSA) is 18.5 Å². The van der Waals surface area contributed by atoms with Crippen molar-refractivity contribution in [2.75, 3.05) is 14.2 Å². The van der Waals surface area contributed by atoms with E-state index in [-0.39, 0.29) is 13.0 Å². The van der Waals surface area contributed by atoms with E-state index in [1.165, 1.54) is 0 Å². The van der Waals surface area contributed by atoms with Gasteiger partial charge in [0.15, 0.2) is 0 Å². The van der Waals surface area contributed by atoms with E-state index in [2.05, 4.69) is 0 Å². The Balaban J connectivity index is -0.000000126. The summed E-state index contributed by atoms with van der Waals surface area (Å²) in [5.41, 5.74) is 0.0417. The van der Waals surface area contributed by atoms with Gasteiger partial charge in [-0.05, 0) is 34.6 Å². The Kier molecular flexibility index (Phi) is 13.4. The smallest absolute Gasteiger partial charge is 0.0594 e. The molecule has 0 N–H and O–H groups in total. The quantitative estimate of drug-likeness (QED) is 0.614. The second-order valence-corrected chi connectivity index (χ2v) is 3.60. The van der Waals surface area contributed by atoms with Gasteiger partial charge in [0.1, 0.15) is 0 Å². The Morgan fingerprint density at radius 1 is 1.00 bits per heavy atom. The van der Waals surface area contributed by atoms with Gasteiger partial charge >= 0.3 is 0 Å². The molecule has 0 aliphatic rings. The maximum Gasteiger partial charge on any atom is 0.0594 e. The molecule has 0 spiro atoms. The maximum absolute atomic E-state index is 4.94. The predicted molar refractivity (Wildman–Crippen MR) is 55.6 cm³/mol. The third-order valence-electron chi connectivity index (χ3n) is 1.08. The lowest BCUT2D eigenvalue weighted by Crippen LogP contribution is -2.15. The zero-order valence-corrected chi connectivity index (χ0v) is 8.89. The summed E-state index contributed by atoms with van der Waals surface area (Å²) in [6.45, 7) is 10.1. The van der Waals surface area contributed by atoms with E-state index in [9.17, 15) is 0 Å². The first-order chi connectivity index (χ1) is 4.83. The molecule has 0 aromatic rings. The summed E-state index contributed by atoms with van der Waals surface area (Å²) >= 11 is 0. The van der Waals surface area contributed by atoms with Crippen molar-refractivity contribution in [2.24, 2.45) is 0 Å². The zero-order valence-electron chi connectivity index (χ0n) is 8.89. The van der Waals surface area contributed by atoms with Crippen LogP contribution in [-0.2, 0) is 9.47 Å². The molecule has 78 valence electrons. The molecule has 0 rings (SSSR count).